The van der Waals surface area contributed by atoms with Crippen molar-refractivity contribution in [1.82, 2.24) is 4.72 Å². The summed E-state index contributed by atoms with van der Waals surface area (Å²) in [5.41, 5.74) is -1.59. The molecule has 21 heavy (non-hydrogen) atoms. The first kappa shape index (κ1) is 18.1. The summed E-state index contributed by atoms with van der Waals surface area (Å²) in [7, 11) is -4.12. The highest BCUT2D eigenvalue weighted by Gasteiger charge is 2.33. The third-order valence-corrected chi connectivity index (χ3v) is 5.67. The fraction of sp³-hybridized carbons (Fsp3) is 0.417. The molecule has 0 bridgehead atoms. The van der Waals surface area contributed by atoms with E-state index >= 15 is 0 Å². The van der Waals surface area contributed by atoms with Gasteiger partial charge in [0.2, 0.25) is 10.0 Å². The summed E-state index contributed by atoms with van der Waals surface area (Å²) >= 11 is 3.05. The van der Waals surface area contributed by atoms with E-state index in [1.54, 1.807) is 6.92 Å². The van der Waals surface area contributed by atoms with Gasteiger partial charge in [-0.15, -0.1) is 0 Å². The molecule has 0 aliphatic carbocycles. The minimum Gasteiger partial charge on any atom is -0.478 e. The van der Waals surface area contributed by atoms with Gasteiger partial charge in [-0.2, -0.15) is 0 Å². The SMILES string of the molecule is CCC(CO)(CO)NS(=O)(=O)c1cc(C(=O)O)ccc1Br. The number of hydrogen-bond donors (Lipinski definition) is 4. The van der Waals surface area contributed by atoms with Crippen molar-refractivity contribution >= 4 is 31.9 Å². The van der Waals surface area contributed by atoms with Crippen LogP contribution < -0.4 is 4.72 Å². The molecular weight excluding hydrogens is 366 g/mol. The molecule has 1 rings (SSSR count). The largest absolute Gasteiger partial charge is 0.478 e. The van der Waals surface area contributed by atoms with Crippen LogP contribution in [0.1, 0.15) is 23.7 Å². The number of halogens is 1. The van der Waals surface area contributed by atoms with Crippen LogP contribution >= 0.6 is 15.9 Å². The molecule has 4 N–H and O–H groups in total. The predicted octanol–water partition coefficient (Wildman–Crippen LogP) is 0.559. The summed E-state index contributed by atoms with van der Waals surface area (Å²) < 4.78 is 27.1. The predicted molar refractivity (Wildman–Crippen MR) is 78.6 cm³/mol. The number of sulfonamides is 1. The summed E-state index contributed by atoms with van der Waals surface area (Å²) in [5.74, 6) is -1.26. The van der Waals surface area contributed by atoms with Gasteiger partial charge in [0.25, 0.3) is 0 Å². The van der Waals surface area contributed by atoms with Gasteiger partial charge in [-0.05, 0) is 40.5 Å². The minimum absolute atomic E-state index is 0.162. The molecule has 0 aliphatic heterocycles. The quantitative estimate of drug-likeness (QED) is 0.546. The molecule has 7 nitrogen and oxygen atoms in total. The van der Waals surface area contributed by atoms with Gasteiger partial charge in [0.15, 0.2) is 0 Å². The van der Waals surface area contributed by atoms with E-state index in [2.05, 4.69) is 20.7 Å². The molecule has 1 aromatic rings. The third-order valence-electron chi connectivity index (χ3n) is 3.10. The van der Waals surface area contributed by atoms with Gasteiger partial charge < -0.3 is 15.3 Å². The smallest absolute Gasteiger partial charge is 0.335 e. The van der Waals surface area contributed by atoms with Crippen molar-refractivity contribution in [2.24, 2.45) is 0 Å². The van der Waals surface area contributed by atoms with E-state index in [1.807, 2.05) is 0 Å². The Hall–Kier alpha value is -1.00. The van der Waals surface area contributed by atoms with Crippen molar-refractivity contribution in [3.05, 3.63) is 28.2 Å². The van der Waals surface area contributed by atoms with Crippen molar-refractivity contribution in [2.45, 2.75) is 23.8 Å². The average molecular weight is 382 g/mol. The first-order chi connectivity index (χ1) is 9.71. The van der Waals surface area contributed by atoms with Gasteiger partial charge >= 0.3 is 5.97 Å². The topological polar surface area (TPSA) is 124 Å². The maximum atomic E-state index is 12.4. The minimum atomic E-state index is -4.12. The zero-order chi connectivity index (χ0) is 16.3. The van der Waals surface area contributed by atoms with Gasteiger partial charge in [-0.25, -0.2) is 17.9 Å². The molecule has 0 spiro atoms. The summed E-state index contributed by atoms with van der Waals surface area (Å²) in [6, 6.07) is 3.57. The highest BCUT2D eigenvalue weighted by Crippen LogP contribution is 2.25. The first-order valence-electron chi connectivity index (χ1n) is 6.00. The van der Waals surface area contributed by atoms with Gasteiger partial charge in [-0.1, -0.05) is 6.92 Å². The number of aromatic carboxylic acids is 1. The number of nitrogens with one attached hydrogen (secondary N) is 1. The average Bonchev–Trinajstić information content (AvgIpc) is 2.45. The standard InChI is InChI=1S/C12H16BrNO6S/c1-2-12(6-15,7-16)14-21(19,20)10-5-8(11(17)18)3-4-9(10)13/h3-5,14-16H,2,6-7H2,1H3,(H,17,18). The molecule has 0 atom stereocenters. The Morgan fingerprint density at radius 1 is 1.33 bits per heavy atom. The van der Waals surface area contributed by atoms with Crippen LogP contribution in [0.25, 0.3) is 0 Å². The number of carboxylic acid groups (broad SMARTS) is 1. The Bertz CT molecular complexity index is 618. The molecule has 0 fully saturated rings. The second-order valence-electron chi connectivity index (χ2n) is 4.51. The highest BCUT2D eigenvalue weighted by atomic mass is 79.9. The maximum absolute atomic E-state index is 12.4. The van der Waals surface area contributed by atoms with Crippen LogP contribution in [0.2, 0.25) is 0 Å². The van der Waals surface area contributed by atoms with E-state index in [-0.39, 0.29) is 21.4 Å². The highest BCUT2D eigenvalue weighted by molar-refractivity contribution is 9.10. The van der Waals surface area contributed by atoms with Crippen molar-refractivity contribution < 1.29 is 28.5 Å². The first-order valence-corrected chi connectivity index (χ1v) is 8.27. The lowest BCUT2D eigenvalue weighted by Gasteiger charge is -2.29. The van der Waals surface area contributed by atoms with Crippen LogP contribution in [-0.2, 0) is 10.0 Å². The second kappa shape index (κ2) is 6.84. The Kier molecular flexibility index (Phi) is 5.88. The zero-order valence-corrected chi connectivity index (χ0v) is 13.6. The van der Waals surface area contributed by atoms with Crippen LogP contribution in [0, 0.1) is 0 Å². The fourth-order valence-corrected chi connectivity index (χ4v) is 4.04. The number of hydrogen-bond acceptors (Lipinski definition) is 5. The van der Waals surface area contributed by atoms with E-state index in [0.29, 0.717) is 0 Å². The second-order valence-corrected chi connectivity index (χ2v) is 7.01. The lowest BCUT2D eigenvalue weighted by atomic mass is 10.0. The number of carbonyl (C=O) groups is 1. The third kappa shape index (κ3) is 4.01. The normalized spacial score (nSPS) is 12.4. The molecule has 0 unspecified atom stereocenters. The number of rotatable bonds is 7. The molecule has 0 heterocycles. The molecule has 0 aromatic heterocycles. The molecule has 9 heteroatoms. The van der Waals surface area contributed by atoms with Crippen LogP contribution in [0.15, 0.2) is 27.6 Å². The molecule has 0 saturated carbocycles. The number of benzene rings is 1. The summed E-state index contributed by atoms with van der Waals surface area (Å²) in [4.78, 5) is 10.7. The molecule has 0 aliphatic rings. The van der Waals surface area contributed by atoms with Crippen molar-refractivity contribution in [3.8, 4) is 0 Å². The van der Waals surface area contributed by atoms with E-state index in [1.165, 1.54) is 12.1 Å². The molecule has 0 radical (unpaired) electrons. The van der Waals surface area contributed by atoms with E-state index in [0.717, 1.165) is 6.07 Å². The maximum Gasteiger partial charge on any atom is 0.335 e. The zero-order valence-electron chi connectivity index (χ0n) is 11.2. The van der Waals surface area contributed by atoms with Gasteiger partial charge in [0.1, 0.15) is 0 Å². The Labute approximate surface area is 130 Å². The van der Waals surface area contributed by atoms with Gasteiger partial charge in [0, 0.05) is 4.47 Å². The Balaban J connectivity index is 3.31. The monoisotopic (exact) mass is 381 g/mol. The van der Waals surface area contributed by atoms with Crippen molar-refractivity contribution in [3.63, 3.8) is 0 Å². The summed E-state index contributed by atoms with van der Waals surface area (Å²) in [6.45, 7) is 0.433. The van der Waals surface area contributed by atoms with Crippen LogP contribution in [0.5, 0.6) is 0 Å². The van der Waals surface area contributed by atoms with Crippen molar-refractivity contribution in [1.29, 1.82) is 0 Å². The molecule has 1 aromatic carbocycles. The van der Waals surface area contributed by atoms with Crippen LogP contribution in [-0.4, -0.2) is 48.5 Å². The lowest BCUT2D eigenvalue weighted by Crippen LogP contribution is -2.53. The molecule has 118 valence electrons. The molecule has 0 saturated heterocycles. The fourth-order valence-electron chi connectivity index (χ4n) is 1.59. The number of carboxylic acids is 1. The lowest BCUT2D eigenvalue weighted by molar-refractivity contribution is 0.0696. The Morgan fingerprint density at radius 2 is 1.90 bits per heavy atom. The van der Waals surface area contributed by atoms with E-state index < -0.39 is 34.7 Å². The molecule has 0 amide bonds. The van der Waals surface area contributed by atoms with Crippen LogP contribution in [0.4, 0.5) is 0 Å². The van der Waals surface area contributed by atoms with Gasteiger partial charge in [-0.3, -0.25) is 0 Å². The molecular formula is C12H16BrNO6S. The summed E-state index contributed by atoms with van der Waals surface area (Å²) in [5, 5.41) is 27.5. The van der Waals surface area contributed by atoms with E-state index in [4.69, 9.17) is 5.11 Å². The van der Waals surface area contributed by atoms with Crippen molar-refractivity contribution in [2.75, 3.05) is 13.2 Å². The summed E-state index contributed by atoms with van der Waals surface area (Å²) in [6.07, 6.45) is 0.162. The Morgan fingerprint density at radius 3 is 2.33 bits per heavy atom. The van der Waals surface area contributed by atoms with E-state index in [9.17, 15) is 23.4 Å². The van der Waals surface area contributed by atoms with Gasteiger partial charge in [0.05, 0.1) is 29.2 Å². The number of aliphatic hydroxyl groups is 2. The number of aliphatic hydroxyl groups excluding tert-OH is 2. The van der Waals surface area contributed by atoms with Crippen LogP contribution in [0.3, 0.4) is 0 Å².